The third kappa shape index (κ3) is 5.56. The molecule has 0 fully saturated rings. The number of nitrogens with one attached hydrogen (secondary N) is 1. The highest BCUT2D eigenvalue weighted by Crippen LogP contribution is 2.23. The molecule has 2 aromatic rings. The molecule has 0 aliphatic rings. The van der Waals surface area contributed by atoms with Gasteiger partial charge in [0.25, 0.3) is 0 Å². The average molecular weight is 389 g/mol. The smallest absolute Gasteiger partial charge is 0.340 e. The maximum absolute atomic E-state index is 12.2. The van der Waals surface area contributed by atoms with Crippen molar-refractivity contribution < 1.29 is 19.1 Å². The number of nitrogens with zero attached hydrogens (tertiary/aromatic N) is 1. The summed E-state index contributed by atoms with van der Waals surface area (Å²) < 4.78 is 5.05. The predicted molar refractivity (Wildman–Crippen MR) is 105 cm³/mol. The Kier molecular flexibility index (Phi) is 7.37. The van der Waals surface area contributed by atoms with Gasteiger partial charge in [-0.05, 0) is 31.2 Å². The lowest BCUT2D eigenvalue weighted by molar-refractivity contribution is -0.117. The fourth-order valence-corrected chi connectivity index (χ4v) is 2.71. The first kappa shape index (κ1) is 20.5. The number of hydrogen-bond donors (Lipinski definition) is 1. The van der Waals surface area contributed by atoms with Gasteiger partial charge >= 0.3 is 5.97 Å². The SMILES string of the molecule is CCOC(=O)c1ccccc1N(CCC(=O)Nc1ccccc1Cl)C(C)=O. The maximum Gasteiger partial charge on any atom is 0.340 e. The van der Waals surface area contributed by atoms with E-state index in [1.165, 1.54) is 11.8 Å². The molecule has 0 aromatic heterocycles. The molecule has 0 unspecified atom stereocenters. The molecule has 142 valence electrons. The van der Waals surface area contributed by atoms with Crippen molar-refractivity contribution in [2.75, 3.05) is 23.4 Å². The molecule has 0 heterocycles. The van der Waals surface area contributed by atoms with Gasteiger partial charge in [0.15, 0.2) is 0 Å². The van der Waals surface area contributed by atoms with E-state index in [4.69, 9.17) is 16.3 Å². The van der Waals surface area contributed by atoms with Gasteiger partial charge in [-0.15, -0.1) is 0 Å². The molecule has 2 aromatic carbocycles. The van der Waals surface area contributed by atoms with Crippen molar-refractivity contribution in [3.8, 4) is 0 Å². The van der Waals surface area contributed by atoms with Gasteiger partial charge in [-0.3, -0.25) is 9.59 Å². The normalized spacial score (nSPS) is 10.2. The molecular formula is C20H21ClN2O4. The van der Waals surface area contributed by atoms with Crippen LogP contribution in [0.3, 0.4) is 0 Å². The summed E-state index contributed by atoms with van der Waals surface area (Å²) in [5.41, 5.74) is 1.19. The number of ether oxygens (including phenoxy) is 1. The summed E-state index contributed by atoms with van der Waals surface area (Å²) in [7, 11) is 0. The molecule has 6 nitrogen and oxygen atoms in total. The average Bonchev–Trinajstić information content (AvgIpc) is 2.64. The van der Waals surface area contributed by atoms with Gasteiger partial charge in [-0.25, -0.2) is 4.79 Å². The number of hydrogen-bond acceptors (Lipinski definition) is 4. The minimum Gasteiger partial charge on any atom is -0.462 e. The Bertz CT molecular complexity index is 838. The van der Waals surface area contributed by atoms with Gasteiger partial charge in [0.2, 0.25) is 11.8 Å². The first-order valence-corrected chi connectivity index (χ1v) is 8.90. The summed E-state index contributed by atoms with van der Waals surface area (Å²) in [5.74, 6) is -1.08. The lowest BCUT2D eigenvalue weighted by atomic mass is 10.1. The number of anilines is 2. The van der Waals surface area contributed by atoms with Crippen molar-refractivity contribution in [1.82, 2.24) is 0 Å². The Labute approximate surface area is 163 Å². The molecule has 0 radical (unpaired) electrons. The van der Waals surface area contributed by atoms with Crippen LogP contribution < -0.4 is 10.2 Å². The summed E-state index contributed by atoms with van der Waals surface area (Å²) in [5, 5.41) is 3.15. The van der Waals surface area contributed by atoms with Gasteiger partial charge in [-0.1, -0.05) is 35.9 Å². The van der Waals surface area contributed by atoms with Crippen molar-refractivity contribution in [3.63, 3.8) is 0 Å². The van der Waals surface area contributed by atoms with Crippen molar-refractivity contribution in [1.29, 1.82) is 0 Å². The van der Waals surface area contributed by atoms with Gasteiger partial charge in [-0.2, -0.15) is 0 Å². The van der Waals surface area contributed by atoms with Crippen LogP contribution in [0.25, 0.3) is 0 Å². The fourth-order valence-electron chi connectivity index (χ4n) is 2.53. The summed E-state index contributed by atoms with van der Waals surface area (Å²) in [4.78, 5) is 37.9. The van der Waals surface area contributed by atoms with Crippen molar-refractivity contribution in [3.05, 3.63) is 59.1 Å². The van der Waals surface area contributed by atoms with E-state index in [9.17, 15) is 14.4 Å². The van der Waals surface area contributed by atoms with Crippen LogP contribution in [0.15, 0.2) is 48.5 Å². The summed E-state index contributed by atoms with van der Waals surface area (Å²) in [6.07, 6.45) is 0.0436. The zero-order valence-electron chi connectivity index (χ0n) is 15.2. The molecule has 2 amide bonds. The van der Waals surface area contributed by atoms with E-state index in [1.54, 1.807) is 55.5 Å². The second-order valence-corrected chi connectivity index (χ2v) is 6.09. The maximum atomic E-state index is 12.2. The van der Waals surface area contributed by atoms with Crippen LogP contribution >= 0.6 is 11.6 Å². The number of para-hydroxylation sites is 2. The molecule has 27 heavy (non-hydrogen) atoms. The number of carbonyl (C=O) groups is 3. The second-order valence-electron chi connectivity index (χ2n) is 5.69. The lowest BCUT2D eigenvalue weighted by Gasteiger charge is -2.23. The standard InChI is InChI=1S/C20H21ClN2O4/c1-3-27-20(26)15-8-4-7-11-18(15)23(14(2)24)13-12-19(25)22-17-10-6-5-9-16(17)21/h4-11H,3,12-13H2,1-2H3,(H,22,25). The zero-order chi connectivity index (χ0) is 19.8. The first-order chi connectivity index (χ1) is 12.9. The monoisotopic (exact) mass is 388 g/mol. The van der Waals surface area contributed by atoms with E-state index in [1.807, 2.05) is 0 Å². The largest absolute Gasteiger partial charge is 0.462 e. The third-order valence-electron chi connectivity index (χ3n) is 3.78. The highest BCUT2D eigenvalue weighted by Gasteiger charge is 2.20. The Morgan fingerprint density at radius 2 is 1.74 bits per heavy atom. The molecule has 0 saturated carbocycles. The molecule has 0 atom stereocenters. The van der Waals surface area contributed by atoms with Crippen molar-refractivity contribution in [2.45, 2.75) is 20.3 Å². The molecule has 0 bridgehead atoms. The highest BCUT2D eigenvalue weighted by molar-refractivity contribution is 6.33. The van der Waals surface area contributed by atoms with Crippen LogP contribution in [-0.2, 0) is 14.3 Å². The highest BCUT2D eigenvalue weighted by atomic mass is 35.5. The number of benzene rings is 2. The minimum absolute atomic E-state index is 0.0436. The van der Waals surface area contributed by atoms with Crippen LogP contribution in [0.2, 0.25) is 5.02 Å². The summed E-state index contributed by atoms with van der Waals surface area (Å²) in [6.45, 7) is 3.44. The number of carbonyl (C=O) groups excluding carboxylic acids is 3. The minimum atomic E-state index is -0.514. The predicted octanol–water partition coefficient (Wildman–Crippen LogP) is 3.90. The molecule has 0 spiro atoms. The second kappa shape index (κ2) is 9.73. The van der Waals surface area contributed by atoms with E-state index in [2.05, 4.69) is 5.32 Å². The number of rotatable bonds is 7. The first-order valence-electron chi connectivity index (χ1n) is 8.52. The van der Waals surface area contributed by atoms with Crippen molar-refractivity contribution in [2.24, 2.45) is 0 Å². The summed E-state index contributed by atoms with van der Waals surface area (Å²) in [6, 6.07) is 13.6. The lowest BCUT2D eigenvalue weighted by Crippen LogP contribution is -2.33. The van der Waals surface area contributed by atoms with E-state index >= 15 is 0 Å². The van der Waals surface area contributed by atoms with Crippen LogP contribution in [0.5, 0.6) is 0 Å². The number of halogens is 1. The zero-order valence-corrected chi connectivity index (χ0v) is 16.0. The van der Waals surface area contributed by atoms with Crippen LogP contribution in [-0.4, -0.2) is 30.9 Å². The van der Waals surface area contributed by atoms with Crippen molar-refractivity contribution >= 4 is 40.8 Å². The fraction of sp³-hybridized carbons (Fsp3) is 0.250. The van der Waals surface area contributed by atoms with Gasteiger partial charge in [0.05, 0.1) is 28.6 Å². The topological polar surface area (TPSA) is 75.7 Å². The van der Waals surface area contributed by atoms with E-state index < -0.39 is 5.97 Å². The molecule has 0 saturated heterocycles. The number of amides is 2. The molecular weight excluding hydrogens is 368 g/mol. The van der Waals surface area contributed by atoms with Gasteiger partial charge in [0, 0.05) is 19.9 Å². The van der Waals surface area contributed by atoms with E-state index in [-0.39, 0.29) is 37.0 Å². The molecule has 7 heteroatoms. The molecule has 0 aliphatic heterocycles. The van der Waals surface area contributed by atoms with Crippen LogP contribution in [0.4, 0.5) is 11.4 Å². The molecule has 1 N–H and O–H groups in total. The number of esters is 1. The molecule has 2 rings (SSSR count). The Morgan fingerprint density at radius 1 is 1.07 bits per heavy atom. The Hall–Kier alpha value is -2.86. The molecule has 0 aliphatic carbocycles. The Balaban J connectivity index is 2.13. The van der Waals surface area contributed by atoms with E-state index in [0.717, 1.165) is 0 Å². The van der Waals surface area contributed by atoms with Crippen LogP contribution in [0, 0.1) is 0 Å². The van der Waals surface area contributed by atoms with Gasteiger partial charge in [0.1, 0.15) is 0 Å². The van der Waals surface area contributed by atoms with E-state index in [0.29, 0.717) is 16.4 Å². The summed E-state index contributed by atoms with van der Waals surface area (Å²) >= 11 is 6.03. The quantitative estimate of drug-likeness (QED) is 0.730. The third-order valence-corrected chi connectivity index (χ3v) is 4.11. The van der Waals surface area contributed by atoms with Crippen LogP contribution in [0.1, 0.15) is 30.6 Å². The van der Waals surface area contributed by atoms with Gasteiger partial charge < -0.3 is 15.0 Å². The Morgan fingerprint density at radius 3 is 2.41 bits per heavy atom.